The average Bonchev–Trinajstić information content (AvgIpc) is 0.722. The smallest absolute Gasteiger partial charge is 0.368 e. The molecule has 4 N–H and O–H groups in total. The normalized spacial score (nSPS) is 8.57. The third-order valence-electron chi connectivity index (χ3n) is 0. The highest BCUT2D eigenvalue weighted by Crippen LogP contribution is 1.67. The monoisotopic (exact) mass is 136 g/mol. The number of hydrogen-bond donors (Lipinski definition) is 4. The fourth-order valence-electron chi connectivity index (χ4n) is 0. The highest BCUT2D eigenvalue weighted by Gasteiger charge is 2.22. The second-order valence-electron chi connectivity index (χ2n) is 0.600. The van der Waals surface area contributed by atoms with Crippen molar-refractivity contribution in [1.82, 2.24) is 0 Å². The first-order valence-electron chi connectivity index (χ1n) is 0.894. The minimum atomic E-state index is -4.61. The summed E-state index contributed by atoms with van der Waals surface area (Å²) in [7, 11) is -4.61. The Bertz CT molecular complexity index is 25.2. The molecule has 0 spiro atoms. The van der Waals surface area contributed by atoms with Crippen LogP contribution in [0.1, 0.15) is 0 Å². The van der Waals surface area contributed by atoms with Crippen LogP contribution in [0.3, 0.4) is 0 Å². The van der Waals surface area contributed by atoms with Gasteiger partial charge in [0, 0.05) is 0 Å². The zero-order chi connectivity index (χ0) is 4.50. The lowest BCUT2D eigenvalue weighted by Crippen LogP contribution is -2.33. The third kappa shape index (κ3) is 13100. The van der Waals surface area contributed by atoms with E-state index < -0.39 is 9.05 Å². The van der Waals surface area contributed by atoms with Crippen LogP contribution in [0, 0.1) is 0 Å². The van der Waals surface area contributed by atoms with Crippen LogP contribution in [0.4, 0.5) is 9.41 Å². The molecule has 0 saturated heterocycles. The lowest BCUT2D eigenvalue weighted by molar-refractivity contribution is 0.117. The Kier molecular flexibility index (Phi) is 9.21. The van der Waals surface area contributed by atoms with Crippen LogP contribution in [0.25, 0.3) is 0 Å². The molecule has 7 heavy (non-hydrogen) atoms. The lowest BCUT2D eigenvalue weighted by Gasteiger charge is -1.91. The fraction of sp³-hybridized carbons (Fsp3) is 0. The molecule has 48 valence electrons. The zero-order valence-corrected chi connectivity index (χ0v) is 4.11. The summed E-state index contributed by atoms with van der Waals surface area (Å²) >= 11 is 0. The second kappa shape index (κ2) is 4.09. The highest BCUT2D eigenvalue weighted by atomic mass is 28.4. The fourth-order valence-corrected chi connectivity index (χ4v) is 0. The van der Waals surface area contributed by atoms with Gasteiger partial charge in [0.2, 0.25) is 0 Å². The maximum atomic E-state index is 7.33. The molecule has 7 heteroatoms. The molecular weight excluding hydrogens is 130 g/mol. The maximum Gasteiger partial charge on any atom is 0.668 e. The van der Waals surface area contributed by atoms with E-state index in [2.05, 4.69) is 0 Å². The van der Waals surface area contributed by atoms with Crippen LogP contribution in [0.2, 0.25) is 0 Å². The Morgan fingerprint density at radius 1 is 0.714 bits per heavy atom. The second-order valence-corrected chi connectivity index (χ2v) is 1.80. The molecule has 0 aliphatic rings. The van der Waals surface area contributed by atoms with Crippen molar-refractivity contribution in [3.63, 3.8) is 0 Å². The molecule has 0 radical (unpaired) electrons. The van der Waals surface area contributed by atoms with Crippen molar-refractivity contribution in [3.05, 3.63) is 0 Å². The molecule has 0 unspecified atom stereocenters. The van der Waals surface area contributed by atoms with Crippen molar-refractivity contribution in [1.29, 1.82) is 0 Å². The molecule has 0 aromatic carbocycles. The van der Waals surface area contributed by atoms with Gasteiger partial charge in [-0.15, -0.1) is 0 Å². The molecule has 0 aliphatic carbocycles. The van der Waals surface area contributed by atoms with Crippen LogP contribution >= 0.6 is 0 Å². The van der Waals surface area contributed by atoms with Gasteiger partial charge in [-0.1, -0.05) is 0 Å². The number of hydrogen-bond acceptors (Lipinski definition) is 4. The van der Waals surface area contributed by atoms with Gasteiger partial charge in [0.15, 0.2) is 0 Å². The van der Waals surface area contributed by atoms with Crippen molar-refractivity contribution in [2.45, 2.75) is 0 Å². The van der Waals surface area contributed by atoms with E-state index >= 15 is 0 Å². The standard InChI is InChI=1S/2FH.H4O4Si/c;;1-5(2,3)4/h2*1H;1-4H. The van der Waals surface area contributed by atoms with Gasteiger partial charge >= 0.3 is 9.05 Å². The molecule has 0 aliphatic heterocycles. The molecule has 0 atom stereocenters. The highest BCUT2D eigenvalue weighted by molar-refractivity contribution is 6.46. The summed E-state index contributed by atoms with van der Waals surface area (Å²) in [6, 6.07) is 0. The molecule has 0 aromatic heterocycles. The van der Waals surface area contributed by atoms with E-state index in [1.807, 2.05) is 0 Å². The summed E-state index contributed by atoms with van der Waals surface area (Å²) in [5.41, 5.74) is 0. The van der Waals surface area contributed by atoms with Gasteiger partial charge in [0.05, 0.1) is 0 Å². The van der Waals surface area contributed by atoms with Crippen molar-refractivity contribution >= 4 is 9.05 Å². The first-order chi connectivity index (χ1) is 2.00. The van der Waals surface area contributed by atoms with E-state index in [1.54, 1.807) is 0 Å². The van der Waals surface area contributed by atoms with Crippen molar-refractivity contribution in [2.24, 2.45) is 0 Å². The van der Waals surface area contributed by atoms with Crippen molar-refractivity contribution < 1.29 is 28.6 Å². The van der Waals surface area contributed by atoms with Crippen LogP contribution in [0.5, 0.6) is 0 Å². The summed E-state index contributed by atoms with van der Waals surface area (Å²) in [6.07, 6.45) is 0. The largest absolute Gasteiger partial charge is 0.668 e. The SMILES string of the molecule is F.F.O[Si](O)(O)O. The Morgan fingerprint density at radius 2 is 0.714 bits per heavy atom. The molecule has 0 amide bonds. The average molecular weight is 136 g/mol. The van der Waals surface area contributed by atoms with Gasteiger partial charge in [-0.05, 0) is 0 Å². The van der Waals surface area contributed by atoms with Gasteiger partial charge in [0.25, 0.3) is 0 Å². The molecule has 0 aromatic rings. The van der Waals surface area contributed by atoms with Crippen molar-refractivity contribution in [2.75, 3.05) is 0 Å². The Labute approximate surface area is 38.9 Å². The van der Waals surface area contributed by atoms with Gasteiger partial charge in [-0.3, -0.25) is 9.41 Å². The van der Waals surface area contributed by atoms with Crippen molar-refractivity contribution in [3.8, 4) is 0 Å². The predicted octanol–water partition coefficient (Wildman–Crippen LogP) is -2.30. The topological polar surface area (TPSA) is 80.9 Å². The minimum absolute atomic E-state index is 0. The molecule has 0 bridgehead atoms. The number of rotatable bonds is 0. The Hall–Kier alpha value is -0.0831. The maximum absolute atomic E-state index is 7.33. The zero-order valence-electron chi connectivity index (χ0n) is 3.11. The van der Waals surface area contributed by atoms with Crippen LogP contribution in [-0.2, 0) is 0 Å². The van der Waals surface area contributed by atoms with Gasteiger partial charge in [-0.25, -0.2) is 0 Å². The van der Waals surface area contributed by atoms with Crippen LogP contribution < -0.4 is 0 Å². The molecule has 0 saturated carbocycles. The summed E-state index contributed by atoms with van der Waals surface area (Å²) in [6.45, 7) is 0. The molecular formula is H6F2O4Si. The molecule has 0 rings (SSSR count). The first-order valence-corrected chi connectivity index (χ1v) is 2.68. The van der Waals surface area contributed by atoms with Crippen LogP contribution in [-0.4, -0.2) is 28.2 Å². The van der Waals surface area contributed by atoms with E-state index in [0.29, 0.717) is 0 Å². The van der Waals surface area contributed by atoms with Crippen LogP contribution in [0.15, 0.2) is 0 Å². The Balaban J connectivity index is -0.0000000800. The lowest BCUT2D eigenvalue weighted by atomic mass is 15.7. The summed E-state index contributed by atoms with van der Waals surface area (Å²) in [5, 5.41) is 0. The quantitative estimate of drug-likeness (QED) is 0.282. The van der Waals surface area contributed by atoms with E-state index in [-0.39, 0.29) is 9.41 Å². The minimum Gasteiger partial charge on any atom is -0.368 e. The number of halogens is 2. The Morgan fingerprint density at radius 3 is 0.714 bits per heavy atom. The first kappa shape index (κ1) is 15.8. The van der Waals surface area contributed by atoms with Gasteiger partial charge < -0.3 is 19.2 Å². The third-order valence-corrected chi connectivity index (χ3v) is 0. The van der Waals surface area contributed by atoms with E-state index in [4.69, 9.17) is 19.2 Å². The molecule has 0 heterocycles. The van der Waals surface area contributed by atoms with E-state index in [1.165, 1.54) is 0 Å². The van der Waals surface area contributed by atoms with E-state index in [0.717, 1.165) is 0 Å². The predicted molar refractivity (Wildman–Crippen MR) is 19.6 cm³/mol. The molecule has 4 nitrogen and oxygen atoms in total. The van der Waals surface area contributed by atoms with Gasteiger partial charge in [0.1, 0.15) is 0 Å². The summed E-state index contributed by atoms with van der Waals surface area (Å²) < 4.78 is 0. The summed E-state index contributed by atoms with van der Waals surface area (Å²) in [4.78, 5) is 29.3. The van der Waals surface area contributed by atoms with Gasteiger partial charge in [-0.2, -0.15) is 0 Å². The van der Waals surface area contributed by atoms with E-state index in [9.17, 15) is 0 Å². The molecule has 0 fully saturated rings. The summed E-state index contributed by atoms with van der Waals surface area (Å²) in [5.74, 6) is 0.